The topological polar surface area (TPSA) is 96.7 Å². The largest absolute Gasteiger partial charge is 0.394 e. The van der Waals surface area contributed by atoms with E-state index in [4.69, 9.17) is 4.74 Å². The van der Waals surface area contributed by atoms with Crippen molar-refractivity contribution in [1.29, 1.82) is 0 Å². The van der Waals surface area contributed by atoms with Crippen LogP contribution in [-0.2, 0) is 27.9 Å². The fraction of sp³-hybridized carbons (Fsp3) is 0.500. The van der Waals surface area contributed by atoms with Crippen LogP contribution in [0.2, 0.25) is 0 Å². The second-order valence-electron chi connectivity index (χ2n) is 7.58. The van der Waals surface area contributed by atoms with Gasteiger partial charge in [0.2, 0.25) is 11.8 Å². The summed E-state index contributed by atoms with van der Waals surface area (Å²) >= 11 is 0. The molecular weight excluding hydrogens is 384 g/mol. The summed E-state index contributed by atoms with van der Waals surface area (Å²) in [6.45, 7) is 4.03. The summed E-state index contributed by atoms with van der Waals surface area (Å²) in [5.41, 5.74) is 1.56. The number of carbonyl (C=O) groups is 2. The fourth-order valence-corrected chi connectivity index (χ4v) is 3.78. The quantitative estimate of drug-likeness (QED) is 0.691. The predicted octanol–water partition coefficient (Wildman–Crippen LogP) is 2.26. The molecule has 1 aromatic heterocycles. The van der Waals surface area contributed by atoms with Gasteiger partial charge in [0.05, 0.1) is 19.2 Å². The first-order valence-electron chi connectivity index (χ1n) is 10.4. The van der Waals surface area contributed by atoms with Gasteiger partial charge in [-0.15, -0.1) is 0 Å². The molecule has 2 N–H and O–H groups in total. The number of rotatable bonds is 8. The predicted molar refractivity (Wildman–Crippen MR) is 112 cm³/mol. The highest BCUT2D eigenvalue weighted by Gasteiger charge is 2.37. The molecular formula is C22H30N4O4. The van der Waals surface area contributed by atoms with E-state index in [1.54, 1.807) is 11.1 Å². The Hall–Kier alpha value is -2.71. The van der Waals surface area contributed by atoms with Gasteiger partial charge in [0.1, 0.15) is 18.5 Å². The van der Waals surface area contributed by atoms with E-state index in [0.717, 1.165) is 24.2 Å². The third kappa shape index (κ3) is 4.71. The molecule has 8 heteroatoms. The van der Waals surface area contributed by atoms with Crippen molar-refractivity contribution in [1.82, 2.24) is 14.5 Å². The second kappa shape index (κ2) is 9.86. The van der Waals surface area contributed by atoms with Gasteiger partial charge in [-0.3, -0.25) is 9.59 Å². The van der Waals surface area contributed by atoms with Crippen molar-refractivity contribution in [2.24, 2.45) is 13.0 Å². The van der Waals surface area contributed by atoms with E-state index in [-0.39, 0.29) is 30.9 Å². The molecule has 1 aromatic carbocycles. The van der Waals surface area contributed by atoms with E-state index in [0.29, 0.717) is 12.2 Å². The Bertz CT molecular complexity index is 860. The van der Waals surface area contributed by atoms with Crippen molar-refractivity contribution in [2.75, 3.05) is 18.5 Å². The molecule has 0 bridgehead atoms. The molecule has 30 heavy (non-hydrogen) atoms. The molecule has 2 atom stereocenters. The number of aliphatic hydroxyl groups excluding tert-OH is 1. The molecule has 0 saturated carbocycles. The van der Waals surface area contributed by atoms with E-state index in [2.05, 4.69) is 10.3 Å². The first-order chi connectivity index (χ1) is 14.5. The molecule has 2 aromatic rings. The first kappa shape index (κ1) is 22.0. The van der Waals surface area contributed by atoms with Crippen molar-refractivity contribution >= 4 is 17.5 Å². The monoisotopic (exact) mass is 414 g/mol. The number of aryl methyl sites for hydroxylation is 1. The number of aromatic nitrogens is 2. The van der Waals surface area contributed by atoms with Gasteiger partial charge in [-0.2, -0.15) is 0 Å². The molecule has 2 amide bonds. The summed E-state index contributed by atoms with van der Waals surface area (Å²) in [6, 6.07) is 6.86. The molecule has 162 valence electrons. The van der Waals surface area contributed by atoms with Crippen LogP contribution < -0.4 is 5.32 Å². The van der Waals surface area contributed by atoms with Crippen LogP contribution in [0.3, 0.4) is 0 Å². The minimum Gasteiger partial charge on any atom is -0.394 e. The average molecular weight is 415 g/mol. The highest BCUT2D eigenvalue weighted by molar-refractivity contribution is 5.92. The van der Waals surface area contributed by atoms with Crippen molar-refractivity contribution in [2.45, 2.75) is 45.4 Å². The highest BCUT2D eigenvalue weighted by atomic mass is 16.5. The van der Waals surface area contributed by atoms with Crippen LogP contribution in [0.5, 0.6) is 0 Å². The average Bonchev–Trinajstić information content (AvgIpc) is 3.15. The second-order valence-corrected chi connectivity index (χ2v) is 7.58. The molecule has 1 aliphatic heterocycles. The van der Waals surface area contributed by atoms with Gasteiger partial charge < -0.3 is 24.6 Å². The van der Waals surface area contributed by atoms with E-state index in [9.17, 15) is 14.7 Å². The number of ether oxygens (including phenoxy) is 1. The summed E-state index contributed by atoms with van der Waals surface area (Å²) in [5.74, 6) is 0.571. The van der Waals surface area contributed by atoms with Crippen LogP contribution in [0.4, 0.5) is 5.69 Å². The minimum atomic E-state index is -0.520. The van der Waals surface area contributed by atoms with E-state index in [1.165, 1.54) is 0 Å². The lowest BCUT2D eigenvalue weighted by Gasteiger charge is -2.40. The molecule has 1 fully saturated rings. The third-order valence-electron chi connectivity index (χ3n) is 5.74. The number of benzene rings is 1. The Kier molecular flexibility index (Phi) is 7.23. The van der Waals surface area contributed by atoms with E-state index in [1.807, 2.05) is 55.9 Å². The molecule has 2 unspecified atom stereocenters. The number of nitrogens with one attached hydrogen (secondary N) is 1. The van der Waals surface area contributed by atoms with Gasteiger partial charge in [0, 0.05) is 31.0 Å². The van der Waals surface area contributed by atoms with Crippen molar-refractivity contribution in [3.8, 4) is 0 Å². The lowest BCUT2D eigenvalue weighted by Crippen LogP contribution is -2.52. The van der Waals surface area contributed by atoms with Crippen LogP contribution in [0.1, 0.15) is 44.2 Å². The minimum absolute atomic E-state index is 0.00387. The van der Waals surface area contributed by atoms with Gasteiger partial charge in [-0.05, 0) is 30.5 Å². The Morgan fingerprint density at radius 1 is 1.30 bits per heavy atom. The summed E-state index contributed by atoms with van der Waals surface area (Å²) in [6.07, 6.45) is 4.64. The van der Waals surface area contributed by atoms with Gasteiger partial charge in [0.25, 0.3) is 0 Å². The number of imidazole rings is 1. The van der Waals surface area contributed by atoms with E-state index >= 15 is 0 Å². The first-order valence-corrected chi connectivity index (χ1v) is 10.4. The highest BCUT2D eigenvalue weighted by Crippen LogP contribution is 2.30. The number of anilines is 1. The van der Waals surface area contributed by atoms with Gasteiger partial charge in [0.15, 0.2) is 0 Å². The number of carbonyl (C=O) groups excluding carboxylic acids is 2. The Labute approximate surface area is 176 Å². The summed E-state index contributed by atoms with van der Waals surface area (Å²) < 4.78 is 7.64. The van der Waals surface area contributed by atoms with Gasteiger partial charge >= 0.3 is 0 Å². The smallest absolute Gasteiger partial charge is 0.249 e. The Morgan fingerprint density at radius 2 is 2.00 bits per heavy atom. The maximum Gasteiger partial charge on any atom is 0.249 e. The number of hydrogen-bond acceptors (Lipinski definition) is 5. The SMILES string of the molecule is CCC(CC)C(=O)Nc1ccc(C2OCC(=O)N(Cc3nccn3C)C2CO)cc1. The summed E-state index contributed by atoms with van der Waals surface area (Å²) in [7, 11) is 1.87. The van der Waals surface area contributed by atoms with Crippen LogP contribution >= 0.6 is 0 Å². The molecule has 0 radical (unpaired) electrons. The lowest BCUT2D eigenvalue weighted by molar-refractivity contribution is -0.162. The molecule has 0 spiro atoms. The van der Waals surface area contributed by atoms with Crippen molar-refractivity contribution < 1.29 is 19.4 Å². The molecule has 0 aliphatic carbocycles. The summed E-state index contributed by atoms with van der Waals surface area (Å²) in [4.78, 5) is 30.7. The number of amides is 2. The molecule has 1 aliphatic rings. The normalized spacial score (nSPS) is 19.4. The zero-order chi connectivity index (χ0) is 21.7. The number of aliphatic hydroxyl groups is 1. The Morgan fingerprint density at radius 3 is 2.57 bits per heavy atom. The van der Waals surface area contributed by atoms with Crippen LogP contribution in [0.15, 0.2) is 36.7 Å². The fourth-order valence-electron chi connectivity index (χ4n) is 3.78. The van der Waals surface area contributed by atoms with Gasteiger partial charge in [-0.1, -0.05) is 26.0 Å². The zero-order valence-corrected chi connectivity index (χ0v) is 17.7. The molecule has 2 heterocycles. The zero-order valence-electron chi connectivity index (χ0n) is 17.7. The van der Waals surface area contributed by atoms with Crippen LogP contribution in [0.25, 0.3) is 0 Å². The number of hydrogen-bond donors (Lipinski definition) is 2. The van der Waals surface area contributed by atoms with Crippen molar-refractivity contribution in [3.05, 3.63) is 48.0 Å². The molecule has 1 saturated heterocycles. The van der Waals surface area contributed by atoms with Crippen molar-refractivity contribution in [3.63, 3.8) is 0 Å². The van der Waals surface area contributed by atoms with Crippen LogP contribution in [-0.4, -0.2) is 50.6 Å². The molecule has 3 rings (SSSR count). The maximum atomic E-state index is 12.5. The molecule has 8 nitrogen and oxygen atoms in total. The van der Waals surface area contributed by atoms with Crippen LogP contribution in [0, 0.1) is 5.92 Å². The van der Waals surface area contributed by atoms with E-state index < -0.39 is 12.1 Å². The lowest BCUT2D eigenvalue weighted by atomic mass is 9.98. The maximum absolute atomic E-state index is 12.5. The van der Waals surface area contributed by atoms with Gasteiger partial charge in [-0.25, -0.2) is 4.98 Å². The Balaban J connectivity index is 1.74. The number of nitrogens with zero attached hydrogens (tertiary/aromatic N) is 3. The third-order valence-corrected chi connectivity index (χ3v) is 5.74. The standard InChI is InChI=1S/C22H30N4O4/c1-4-15(5-2)22(29)24-17-8-6-16(7-9-17)21-18(13-27)26(20(28)14-30-21)12-19-23-10-11-25(19)3/h6-11,15,18,21,27H,4-5,12-14H2,1-3H3,(H,24,29). The summed E-state index contributed by atoms with van der Waals surface area (Å²) in [5, 5.41) is 13.0. The number of morpholine rings is 1.